The van der Waals surface area contributed by atoms with Gasteiger partial charge in [-0.2, -0.15) is 4.98 Å². The summed E-state index contributed by atoms with van der Waals surface area (Å²) in [5.74, 6) is 2.71. The predicted molar refractivity (Wildman–Crippen MR) is 92.4 cm³/mol. The van der Waals surface area contributed by atoms with Gasteiger partial charge >= 0.3 is 0 Å². The van der Waals surface area contributed by atoms with E-state index >= 15 is 0 Å². The summed E-state index contributed by atoms with van der Waals surface area (Å²) in [5.41, 5.74) is 1.14. The number of nitrogens with zero attached hydrogens (tertiary/aromatic N) is 5. The molecule has 0 aromatic carbocycles. The van der Waals surface area contributed by atoms with Crippen LogP contribution in [-0.4, -0.2) is 44.0 Å². The van der Waals surface area contributed by atoms with Crippen LogP contribution in [0.1, 0.15) is 59.9 Å². The van der Waals surface area contributed by atoms with E-state index in [0.29, 0.717) is 18.0 Å². The monoisotopic (exact) mass is 353 g/mol. The molecule has 0 N–H and O–H groups in total. The Labute approximate surface area is 152 Å². The molecule has 2 saturated carbocycles. The molecule has 0 bridgehead atoms. The van der Waals surface area contributed by atoms with E-state index < -0.39 is 0 Å². The van der Waals surface area contributed by atoms with Crippen LogP contribution in [0, 0.1) is 18.8 Å². The number of carbonyl (C=O) groups excluding carboxylic acids is 1. The molecule has 5 rings (SSSR count). The molecule has 3 aliphatic rings. The summed E-state index contributed by atoms with van der Waals surface area (Å²) >= 11 is 0. The number of carbonyl (C=O) groups is 1. The first-order valence-electron chi connectivity index (χ1n) is 9.55. The number of hydrogen-bond acceptors (Lipinski definition) is 6. The standard InChI is InChI=1S/C19H23N5O2/c1-12-15(8-20-11-21-12)17(25)24-9-14-3-2-6-19(14,10-24)18-22-16(23-26-18)7-13-4-5-13/h8,11,13-14H,2-7,9-10H2,1H3/t14-,19-/m1/s1. The van der Waals surface area contributed by atoms with Crippen LogP contribution >= 0.6 is 0 Å². The van der Waals surface area contributed by atoms with Gasteiger partial charge in [0, 0.05) is 25.7 Å². The van der Waals surface area contributed by atoms with Crippen LogP contribution in [0.2, 0.25) is 0 Å². The zero-order chi connectivity index (χ0) is 17.7. The van der Waals surface area contributed by atoms with Crippen molar-refractivity contribution < 1.29 is 9.32 Å². The van der Waals surface area contributed by atoms with E-state index in [1.54, 1.807) is 6.20 Å². The van der Waals surface area contributed by atoms with Crippen LogP contribution in [-0.2, 0) is 11.8 Å². The maximum Gasteiger partial charge on any atom is 0.257 e. The van der Waals surface area contributed by atoms with E-state index in [2.05, 4.69) is 15.1 Å². The van der Waals surface area contributed by atoms with Gasteiger partial charge in [0.1, 0.15) is 6.33 Å². The molecular weight excluding hydrogens is 330 g/mol. The van der Waals surface area contributed by atoms with Crippen molar-refractivity contribution in [2.75, 3.05) is 13.1 Å². The third-order valence-electron chi connectivity index (χ3n) is 6.36. The third-order valence-corrected chi connectivity index (χ3v) is 6.36. The minimum Gasteiger partial charge on any atom is -0.339 e. The molecule has 1 aliphatic heterocycles. The molecule has 2 aromatic rings. The van der Waals surface area contributed by atoms with Crippen molar-refractivity contribution in [1.29, 1.82) is 0 Å². The predicted octanol–water partition coefficient (Wildman–Crippen LogP) is 2.31. The molecule has 136 valence electrons. The summed E-state index contributed by atoms with van der Waals surface area (Å²) in [6, 6.07) is 0. The van der Waals surface area contributed by atoms with Crippen LogP contribution in [0.3, 0.4) is 0 Å². The maximum absolute atomic E-state index is 13.0. The summed E-state index contributed by atoms with van der Waals surface area (Å²) in [7, 11) is 0. The normalized spacial score (nSPS) is 27.7. The summed E-state index contributed by atoms with van der Waals surface area (Å²) in [6.07, 6.45) is 9.84. The number of hydrogen-bond donors (Lipinski definition) is 0. The zero-order valence-corrected chi connectivity index (χ0v) is 15.0. The molecule has 2 aliphatic carbocycles. The highest BCUT2D eigenvalue weighted by atomic mass is 16.5. The molecule has 26 heavy (non-hydrogen) atoms. The first-order valence-corrected chi connectivity index (χ1v) is 9.55. The van der Waals surface area contributed by atoms with Gasteiger partial charge in [0.25, 0.3) is 5.91 Å². The lowest BCUT2D eigenvalue weighted by Gasteiger charge is -2.24. The Hall–Kier alpha value is -2.31. The number of fused-ring (bicyclic) bond motifs is 1. The molecule has 0 spiro atoms. The highest BCUT2D eigenvalue weighted by Gasteiger charge is 2.55. The molecule has 2 aromatic heterocycles. The van der Waals surface area contributed by atoms with Crippen molar-refractivity contribution in [3.05, 3.63) is 35.5 Å². The van der Waals surface area contributed by atoms with Crippen LogP contribution in [0.5, 0.6) is 0 Å². The highest BCUT2D eigenvalue weighted by Crippen LogP contribution is 2.50. The van der Waals surface area contributed by atoms with Crippen molar-refractivity contribution in [1.82, 2.24) is 25.0 Å². The second-order valence-corrected chi connectivity index (χ2v) is 8.12. The van der Waals surface area contributed by atoms with Crippen molar-refractivity contribution in [2.24, 2.45) is 11.8 Å². The van der Waals surface area contributed by atoms with Crippen LogP contribution in [0.4, 0.5) is 0 Å². The number of amides is 1. The Morgan fingerprint density at radius 3 is 3.08 bits per heavy atom. The minimum atomic E-state index is -0.173. The number of rotatable bonds is 4. The van der Waals surface area contributed by atoms with Gasteiger partial charge in [0.05, 0.1) is 16.7 Å². The van der Waals surface area contributed by atoms with Gasteiger partial charge in [-0.25, -0.2) is 9.97 Å². The fourth-order valence-electron chi connectivity index (χ4n) is 4.68. The lowest BCUT2D eigenvalue weighted by atomic mass is 9.80. The molecular formula is C19H23N5O2. The Balaban J connectivity index is 1.41. The average Bonchev–Trinajstić information content (AvgIpc) is 3.03. The first-order chi connectivity index (χ1) is 12.7. The maximum atomic E-state index is 13.0. The van der Waals surface area contributed by atoms with Gasteiger partial charge in [-0.1, -0.05) is 11.6 Å². The second-order valence-electron chi connectivity index (χ2n) is 8.12. The molecule has 0 unspecified atom stereocenters. The van der Waals surface area contributed by atoms with Gasteiger partial charge in [-0.15, -0.1) is 0 Å². The van der Waals surface area contributed by atoms with Gasteiger partial charge in [-0.05, 0) is 44.4 Å². The summed E-state index contributed by atoms with van der Waals surface area (Å²) in [5, 5.41) is 4.23. The zero-order valence-electron chi connectivity index (χ0n) is 15.0. The molecule has 3 heterocycles. The average molecular weight is 353 g/mol. The highest BCUT2D eigenvalue weighted by molar-refractivity contribution is 5.95. The smallest absolute Gasteiger partial charge is 0.257 e. The van der Waals surface area contributed by atoms with E-state index in [1.165, 1.54) is 19.2 Å². The minimum absolute atomic E-state index is 0.00888. The topological polar surface area (TPSA) is 85.0 Å². The summed E-state index contributed by atoms with van der Waals surface area (Å²) in [4.78, 5) is 27.9. The molecule has 7 heteroatoms. The molecule has 1 saturated heterocycles. The lowest BCUT2D eigenvalue weighted by molar-refractivity contribution is 0.0773. The van der Waals surface area contributed by atoms with Crippen LogP contribution in [0.15, 0.2) is 17.0 Å². The van der Waals surface area contributed by atoms with E-state index in [1.807, 2.05) is 11.8 Å². The Bertz CT molecular complexity index is 846. The number of aromatic nitrogens is 4. The van der Waals surface area contributed by atoms with Crippen molar-refractivity contribution in [2.45, 2.75) is 50.9 Å². The van der Waals surface area contributed by atoms with Crippen molar-refractivity contribution in [3.63, 3.8) is 0 Å². The molecule has 2 atom stereocenters. The van der Waals surface area contributed by atoms with Crippen molar-refractivity contribution >= 4 is 5.91 Å². The molecule has 0 radical (unpaired) electrons. The largest absolute Gasteiger partial charge is 0.339 e. The molecule has 1 amide bonds. The SMILES string of the molecule is Cc1ncncc1C(=O)N1C[C@H]2CCC[C@@]2(c2nc(CC3CC3)no2)C1. The quantitative estimate of drug-likeness (QED) is 0.838. The first kappa shape index (κ1) is 15.9. The van der Waals surface area contributed by atoms with E-state index in [-0.39, 0.29) is 11.3 Å². The molecule has 7 nitrogen and oxygen atoms in total. The molecule has 3 fully saturated rings. The van der Waals surface area contributed by atoms with E-state index in [9.17, 15) is 4.79 Å². The Kier molecular flexibility index (Phi) is 3.58. The van der Waals surface area contributed by atoms with Gasteiger partial charge < -0.3 is 9.42 Å². The van der Waals surface area contributed by atoms with Crippen molar-refractivity contribution in [3.8, 4) is 0 Å². The summed E-state index contributed by atoms with van der Waals surface area (Å²) in [6.45, 7) is 3.24. The van der Waals surface area contributed by atoms with Gasteiger partial charge in [0.2, 0.25) is 5.89 Å². The fraction of sp³-hybridized carbons (Fsp3) is 0.632. The summed E-state index contributed by atoms with van der Waals surface area (Å²) < 4.78 is 5.72. The van der Waals surface area contributed by atoms with Gasteiger partial charge in [0.15, 0.2) is 5.82 Å². The fourth-order valence-corrected chi connectivity index (χ4v) is 4.68. The number of likely N-dealkylation sites (tertiary alicyclic amines) is 1. The second kappa shape index (κ2) is 5.86. The van der Waals surface area contributed by atoms with Gasteiger partial charge in [-0.3, -0.25) is 4.79 Å². The van der Waals surface area contributed by atoms with E-state index in [4.69, 9.17) is 9.51 Å². The van der Waals surface area contributed by atoms with Crippen LogP contribution in [0.25, 0.3) is 0 Å². The van der Waals surface area contributed by atoms with Crippen LogP contribution < -0.4 is 0 Å². The lowest BCUT2D eigenvalue weighted by Crippen LogP contribution is -2.35. The Morgan fingerprint density at radius 1 is 1.38 bits per heavy atom. The third kappa shape index (κ3) is 2.52. The van der Waals surface area contributed by atoms with E-state index in [0.717, 1.165) is 55.6 Å². The number of aryl methyl sites for hydroxylation is 1. The Morgan fingerprint density at radius 2 is 2.27 bits per heavy atom.